The molecule has 8 heteroatoms. The molecule has 1 aliphatic heterocycles. The Morgan fingerprint density at radius 2 is 1.86 bits per heavy atom. The molecule has 118 valence electrons. The Kier molecular flexibility index (Phi) is 6.15. The highest BCUT2D eigenvalue weighted by Crippen LogP contribution is 2.14. The van der Waals surface area contributed by atoms with E-state index < -0.39 is 10.0 Å². The minimum absolute atomic E-state index is 0. The van der Waals surface area contributed by atoms with Crippen LogP contribution in [0.5, 0.6) is 0 Å². The number of sulfonamides is 1. The van der Waals surface area contributed by atoms with Crippen molar-refractivity contribution in [1.82, 2.24) is 14.9 Å². The molecule has 1 aliphatic rings. The zero-order valence-electron chi connectivity index (χ0n) is 12.0. The summed E-state index contributed by atoms with van der Waals surface area (Å²) in [6, 6.07) is 5.97. The number of rotatable bonds is 5. The van der Waals surface area contributed by atoms with E-state index in [2.05, 4.69) is 10.6 Å². The number of carbonyl (C=O) groups is 1. The first-order chi connectivity index (χ1) is 9.41. The fourth-order valence-corrected chi connectivity index (χ4v) is 2.72. The van der Waals surface area contributed by atoms with Crippen molar-refractivity contribution in [2.24, 2.45) is 5.92 Å². The van der Waals surface area contributed by atoms with E-state index in [-0.39, 0.29) is 23.2 Å². The topological polar surface area (TPSA) is 78.5 Å². The van der Waals surface area contributed by atoms with Crippen molar-refractivity contribution in [1.29, 1.82) is 0 Å². The largest absolute Gasteiger partial charge is 0.352 e. The molecule has 0 atom stereocenters. The molecular weight excluding hydrogens is 314 g/mol. The molecule has 0 unspecified atom stereocenters. The van der Waals surface area contributed by atoms with Crippen LogP contribution in [0.3, 0.4) is 0 Å². The second-order valence-electron chi connectivity index (χ2n) is 5.05. The van der Waals surface area contributed by atoms with E-state index >= 15 is 0 Å². The van der Waals surface area contributed by atoms with Crippen LogP contribution in [0.25, 0.3) is 0 Å². The van der Waals surface area contributed by atoms with Crippen LogP contribution in [0.4, 0.5) is 0 Å². The Bertz CT molecular complexity index is 583. The maximum atomic E-state index is 11.9. The van der Waals surface area contributed by atoms with Crippen LogP contribution < -0.4 is 10.6 Å². The number of benzene rings is 1. The smallest absolute Gasteiger partial charge is 0.251 e. The maximum absolute atomic E-state index is 11.9. The number of hydrogen-bond acceptors (Lipinski definition) is 4. The Morgan fingerprint density at radius 3 is 2.29 bits per heavy atom. The zero-order chi connectivity index (χ0) is 14.8. The van der Waals surface area contributed by atoms with E-state index in [0.29, 0.717) is 18.0 Å². The van der Waals surface area contributed by atoms with Gasteiger partial charge in [-0.2, -0.15) is 0 Å². The predicted octanol–water partition coefficient (Wildman–Crippen LogP) is 0.308. The summed E-state index contributed by atoms with van der Waals surface area (Å²) < 4.78 is 24.9. The predicted molar refractivity (Wildman–Crippen MR) is 83.3 cm³/mol. The Labute approximate surface area is 131 Å². The number of carbonyl (C=O) groups excluding carboxylic acids is 1. The van der Waals surface area contributed by atoms with Gasteiger partial charge in [-0.05, 0) is 24.3 Å². The molecule has 1 aromatic carbocycles. The van der Waals surface area contributed by atoms with Crippen molar-refractivity contribution >= 4 is 28.3 Å². The highest BCUT2D eigenvalue weighted by molar-refractivity contribution is 7.89. The number of halogens is 1. The number of hydrogen-bond donors (Lipinski definition) is 2. The van der Waals surface area contributed by atoms with Gasteiger partial charge in [-0.15, -0.1) is 12.4 Å². The van der Waals surface area contributed by atoms with Crippen LogP contribution in [-0.4, -0.2) is 52.4 Å². The molecule has 1 amide bonds. The normalized spacial score (nSPS) is 15.2. The first-order valence-electron chi connectivity index (χ1n) is 6.43. The molecule has 2 N–H and O–H groups in total. The third-order valence-corrected chi connectivity index (χ3v) is 5.14. The summed E-state index contributed by atoms with van der Waals surface area (Å²) in [6.07, 6.45) is 0. The summed E-state index contributed by atoms with van der Waals surface area (Å²) in [4.78, 5) is 12.1. The SMILES string of the molecule is CN(C)S(=O)(=O)c1ccc(C(=O)NCC2CNC2)cc1.Cl. The summed E-state index contributed by atoms with van der Waals surface area (Å²) in [5, 5.41) is 5.98. The molecule has 21 heavy (non-hydrogen) atoms. The van der Waals surface area contributed by atoms with Crippen molar-refractivity contribution in [2.45, 2.75) is 4.90 Å². The molecule has 1 aromatic rings. The molecule has 0 aliphatic carbocycles. The first kappa shape index (κ1) is 17.9. The highest BCUT2D eigenvalue weighted by Gasteiger charge is 2.19. The lowest BCUT2D eigenvalue weighted by atomic mass is 10.0. The quantitative estimate of drug-likeness (QED) is 0.813. The summed E-state index contributed by atoms with van der Waals surface area (Å²) in [5.41, 5.74) is 0.468. The van der Waals surface area contributed by atoms with Crippen molar-refractivity contribution in [3.05, 3.63) is 29.8 Å². The van der Waals surface area contributed by atoms with E-state index in [9.17, 15) is 13.2 Å². The highest BCUT2D eigenvalue weighted by atomic mass is 35.5. The van der Waals surface area contributed by atoms with Gasteiger partial charge >= 0.3 is 0 Å². The summed E-state index contributed by atoms with van der Waals surface area (Å²) in [6.45, 7) is 2.50. The fourth-order valence-electron chi connectivity index (χ4n) is 1.82. The molecule has 0 aromatic heterocycles. The van der Waals surface area contributed by atoms with Crippen LogP contribution in [0.15, 0.2) is 29.2 Å². The van der Waals surface area contributed by atoms with Crippen molar-refractivity contribution in [3.8, 4) is 0 Å². The van der Waals surface area contributed by atoms with Gasteiger partial charge in [0.05, 0.1) is 4.90 Å². The lowest BCUT2D eigenvalue weighted by molar-refractivity contribution is 0.0942. The molecular formula is C13H20ClN3O3S. The number of nitrogens with one attached hydrogen (secondary N) is 2. The van der Waals surface area contributed by atoms with Crippen LogP contribution in [0.1, 0.15) is 10.4 Å². The van der Waals surface area contributed by atoms with Gasteiger partial charge in [-0.3, -0.25) is 4.79 Å². The lowest BCUT2D eigenvalue weighted by Gasteiger charge is -2.27. The second kappa shape index (κ2) is 7.22. The Balaban J connectivity index is 0.00000220. The van der Waals surface area contributed by atoms with Gasteiger partial charge in [-0.25, -0.2) is 12.7 Å². The molecule has 0 radical (unpaired) electrons. The van der Waals surface area contributed by atoms with E-state index in [4.69, 9.17) is 0 Å². The van der Waals surface area contributed by atoms with Crippen LogP contribution in [0, 0.1) is 5.92 Å². The van der Waals surface area contributed by atoms with Gasteiger partial charge in [0.25, 0.3) is 5.91 Å². The molecule has 1 fully saturated rings. The lowest BCUT2D eigenvalue weighted by Crippen LogP contribution is -2.48. The van der Waals surface area contributed by atoms with Gasteiger partial charge in [0.2, 0.25) is 10.0 Å². The van der Waals surface area contributed by atoms with Crippen molar-refractivity contribution in [3.63, 3.8) is 0 Å². The minimum atomic E-state index is -3.45. The fraction of sp³-hybridized carbons (Fsp3) is 0.462. The van der Waals surface area contributed by atoms with Crippen molar-refractivity contribution < 1.29 is 13.2 Å². The standard InChI is InChI=1S/C13H19N3O3S.ClH/c1-16(2)20(18,19)12-5-3-11(4-6-12)13(17)15-9-10-7-14-8-10;/h3-6,10,14H,7-9H2,1-2H3,(H,15,17);1H. The van der Waals surface area contributed by atoms with E-state index in [1.807, 2.05) is 0 Å². The molecule has 2 rings (SSSR count). The monoisotopic (exact) mass is 333 g/mol. The van der Waals surface area contributed by atoms with E-state index in [1.165, 1.54) is 38.4 Å². The van der Waals surface area contributed by atoms with Gasteiger partial charge in [-0.1, -0.05) is 0 Å². The number of nitrogens with zero attached hydrogens (tertiary/aromatic N) is 1. The van der Waals surface area contributed by atoms with Gasteiger partial charge in [0.15, 0.2) is 0 Å². The Morgan fingerprint density at radius 1 is 1.29 bits per heavy atom. The molecule has 0 saturated carbocycles. The average Bonchev–Trinajstić information content (AvgIpc) is 2.36. The minimum Gasteiger partial charge on any atom is -0.352 e. The molecule has 1 saturated heterocycles. The summed E-state index contributed by atoms with van der Waals surface area (Å²) in [5.74, 6) is 0.318. The van der Waals surface area contributed by atoms with Gasteiger partial charge in [0.1, 0.15) is 0 Å². The van der Waals surface area contributed by atoms with Gasteiger partial charge < -0.3 is 10.6 Å². The van der Waals surface area contributed by atoms with E-state index in [0.717, 1.165) is 17.4 Å². The van der Waals surface area contributed by atoms with Crippen LogP contribution in [-0.2, 0) is 10.0 Å². The first-order valence-corrected chi connectivity index (χ1v) is 7.87. The van der Waals surface area contributed by atoms with Crippen LogP contribution >= 0.6 is 12.4 Å². The van der Waals surface area contributed by atoms with Crippen molar-refractivity contribution in [2.75, 3.05) is 33.7 Å². The van der Waals surface area contributed by atoms with E-state index in [1.54, 1.807) is 0 Å². The molecule has 0 bridgehead atoms. The third-order valence-electron chi connectivity index (χ3n) is 3.31. The average molecular weight is 334 g/mol. The molecule has 6 nitrogen and oxygen atoms in total. The van der Waals surface area contributed by atoms with Gasteiger partial charge in [0, 0.05) is 45.2 Å². The summed E-state index contributed by atoms with van der Waals surface area (Å²) >= 11 is 0. The molecule has 0 spiro atoms. The number of amides is 1. The zero-order valence-corrected chi connectivity index (χ0v) is 13.6. The second-order valence-corrected chi connectivity index (χ2v) is 7.20. The Hall–Kier alpha value is -1.15. The molecule has 1 heterocycles. The maximum Gasteiger partial charge on any atom is 0.251 e. The van der Waals surface area contributed by atoms with Crippen LogP contribution in [0.2, 0.25) is 0 Å². The summed E-state index contributed by atoms with van der Waals surface area (Å²) in [7, 11) is -0.497. The third kappa shape index (κ3) is 4.16.